The van der Waals surface area contributed by atoms with Gasteiger partial charge in [-0.1, -0.05) is 29.8 Å². The van der Waals surface area contributed by atoms with Gasteiger partial charge in [0.05, 0.1) is 0 Å². The zero-order valence-electron chi connectivity index (χ0n) is 12.0. The Morgan fingerprint density at radius 1 is 1.32 bits per heavy atom. The Morgan fingerprint density at radius 2 is 2.05 bits per heavy atom. The van der Waals surface area contributed by atoms with Crippen LogP contribution in [0.4, 0.5) is 0 Å². The molecular formula is C16H16ClNO3S. The van der Waals surface area contributed by atoms with Crippen molar-refractivity contribution in [3.63, 3.8) is 0 Å². The van der Waals surface area contributed by atoms with E-state index in [1.54, 1.807) is 11.8 Å². The third-order valence-corrected chi connectivity index (χ3v) is 4.29. The lowest BCUT2D eigenvalue weighted by atomic mass is 10.2. The van der Waals surface area contributed by atoms with Gasteiger partial charge < -0.3 is 9.72 Å². The number of esters is 1. The molecule has 1 atom stereocenters. The molecule has 116 valence electrons. The molecule has 1 heterocycles. The van der Waals surface area contributed by atoms with E-state index in [9.17, 15) is 9.59 Å². The first kappa shape index (κ1) is 16.6. The van der Waals surface area contributed by atoms with E-state index < -0.39 is 11.4 Å². The van der Waals surface area contributed by atoms with Crippen molar-refractivity contribution in [3.05, 3.63) is 63.5 Å². The largest absolute Gasteiger partial charge is 0.459 e. The molecule has 0 aliphatic carbocycles. The van der Waals surface area contributed by atoms with Crippen LogP contribution in [-0.4, -0.2) is 22.8 Å². The molecule has 0 fully saturated rings. The molecule has 0 aliphatic heterocycles. The number of H-pyrrole nitrogens is 1. The zero-order chi connectivity index (χ0) is 15.9. The molecule has 1 aromatic carbocycles. The third-order valence-electron chi connectivity index (χ3n) is 2.96. The molecule has 1 aromatic heterocycles. The summed E-state index contributed by atoms with van der Waals surface area (Å²) in [6.45, 7) is 1.81. The summed E-state index contributed by atoms with van der Waals surface area (Å²) in [6, 6.07) is 10.0. The molecule has 0 saturated heterocycles. The molecule has 0 aliphatic rings. The highest BCUT2D eigenvalue weighted by Gasteiger charge is 2.16. The maximum absolute atomic E-state index is 12.0. The number of halogens is 1. The maximum Gasteiger partial charge on any atom is 0.343 e. The highest BCUT2D eigenvalue weighted by atomic mass is 35.5. The standard InChI is InChI=1S/C16H16ClNO3S/c1-11(7-8-22-12-5-3-2-4-6-12)21-16(20)13-9-18-10-14(17)15(13)19/h2-6,9-11H,7-8H2,1H3,(H,18,19). The summed E-state index contributed by atoms with van der Waals surface area (Å²) in [5.74, 6) is 0.172. The maximum atomic E-state index is 12.0. The Hall–Kier alpha value is -1.72. The number of thioether (sulfide) groups is 1. The molecule has 0 bridgehead atoms. The molecule has 6 heteroatoms. The summed E-state index contributed by atoms with van der Waals surface area (Å²) in [7, 11) is 0. The Bertz CT molecular complexity index is 687. The number of rotatable bonds is 6. The van der Waals surface area contributed by atoms with Crippen molar-refractivity contribution in [1.29, 1.82) is 0 Å². The number of aromatic nitrogens is 1. The third kappa shape index (κ3) is 4.64. The lowest BCUT2D eigenvalue weighted by molar-refractivity contribution is 0.0335. The number of hydrogen-bond acceptors (Lipinski definition) is 4. The fourth-order valence-electron chi connectivity index (χ4n) is 1.77. The number of hydrogen-bond donors (Lipinski definition) is 1. The summed E-state index contributed by atoms with van der Waals surface area (Å²) >= 11 is 7.39. The van der Waals surface area contributed by atoms with Crippen LogP contribution < -0.4 is 5.43 Å². The van der Waals surface area contributed by atoms with Gasteiger partial charge in [-0.25, -0.2) is 4.79 Å². The lowest BCUT2D eigenvalue weighted by Gasteiger charge is -2.12. The molecule has 0 spiro atoms. The average Bonchev–Trinajstić information content (AvgIpc) is 2.51. The van der Waals surface area contributed by atoms with Crippen molar-refractivity contribution in [3.8, 4) is 0 Å². The summed E-state index contributed by atoms with van der Waals surface area (Å²) in [6.07, 6.45) is 3.06. The van der Waals surface area contributed by atoms with Crippen molar-refractivity contribution in [2.45, 2.75) is 24.3 Å². The van der Waals surface area contributed by atoms with Gasteiger partial charge in [-0.2, -0.15) is 0 Å². The van der Waals surface area contributed by atoms with Crippen molar-refractivity contribution < 1.29 is 9.53 Å². The number of nitrogens with one attached hydrogen (secondary N) is 1. The minimum Gasteiger partial charge on any atom is -0.459 e. The SMILES string of the molecule is CC(CCSc1ccccc1)OC(=O)c1c[nH]cc(Cl)c1=O. The minimum absolute atomic E-state index is 0.0262. The quantitative estimate of drug-likeness (QED) is 0.644. The smallest absolute Gasteiger partial charge is 0.343 e. The number of pyridine rings is 1. The molecule has 4 nitrogen and oxygen atoms in total. The monoisotopic (exact) mass is 337 g/mol. The fraction of sp³-hybridized carbons (Fsp3) is 0.250. The van der Waals surface area contributed by atoms with Crippen molar-refractivity contribution >= 4 is 29.3 Å². The van der Waals surface area contributed by atoms with Crippen molar-refractivity contribution in [2.75, 3.05) is 5.75 Å². The predicted octanol–water partition coefficient (Wildman–Crippen LogP) is 3.76. The van der Waals surface area contributed by atoms with Gasteiger partial charge in [0.15, 0.2) is 0 Å². The van der Waals surface area contributed by atoms with Crippen LogP contribution in [0.3, 0.4) is 0 Å². The van der Waals surface area contributed by atoms with Crippen LogP contribution in [0.25, 0.3) is 0 Å². The second-order valence-corrected chi connectivity index (χ2v) is 6.29. The van der Waals surface area contributed by atoms with Gasteiger partial charge in [0, 0.05) is 23.0 Å². The summed E-state index contributed by atoms with van der Waals surface area (Å²) in [5.41, 5.74) is -0.591. The lowest BCUT2D eigenvalue weighted by Crippen LogP contribution is -2.22. The predicted molar refractivity (Wildman–Crippen MR) is 88.7 cm³/mol. The molecule has 1 N–H and O–H groups in total. The number of carbonyl (C=O) groups excluding carboxylic acids is 1. The van der Waals surface area contributed by atoms with E-state index >= 15 is 0 Å². The molecule has 0 amide bonds. The van der Waals surface area contributed by atoms with Crippen LogP contribution in [0.5, 0.6) is 0 Å². The first-order chi connectivity index (χ1) is 10.6. The van der Waals surface area contributed by atoms with E-state index in [0.29, 0.717) is 6.42 Å². The first-order valence-corrected chi connectivity index (χ1v) is 8.19. The number of ether oxygens (including phenoxy) is 1. The van der Waals surface area contributed by atoms with E-state index in [0.717, 1.165) is 5.75 Å². The molecule has 2 rings (SSSR count). The van der Waals surface area contributed by atoms with Gasteiger partial charge in [-0.05, 0) is 25.5 Å². The van der Waals surface area contributed by atoms with Crippen LogP contribution in [0.15, 0.2) is 52.4 Å². The average molecular weight is 338 g/mol. The Balaban J connectivity index is 1.84. The van der Waals surface area contributed by atoms with Gasteiger partial charge in [0.2, 0.25) is 5.43 Å². The highest BCUT2D eigenvalue weighted by Crippen LogP contribution is 2.19. The van der Waals surface area contributed by atoms with Crippen LogP contribution in [0.1, 0.15) is 23.7 Å². The number of aromatic amines is 1. The minimum atomic E-state index is -0.652. The molecule has 22 heavy (non-hydrogen) atoms. The molecule has 0 radical (unpaired) electrons. The Labute approximate surface area is 137 Å². The van der Waals surface area contributed by atoms with Crippen LogP contribution in [0.2, 0.25) is 5.02 Å². The second-order valence-electron chi connectivity index (χ2n) is 4.71. The second kappa shape index (κ2) is 8.06. The van der Waals surface area contributed by atoms with E-state index in [4.69, 9.17) is 16.3 Å². The van der Waals surface area contributed by atoms with Gasteiger partial charge in [0.25, 0.3) is 0 Å². The first-order valence-electron chi connectivity index (χ1n) is 6.83. The Morgan fingerprint density at radius 3 is 2.77 bits per heavy atom. The fourth-order valence-corrected chi connectivity index (χ4v) is 2.97. The van der Waals surface area contributed by atoms with Crippen molar-refractivity contribution in [2.24, 2.45) is 0 Å². The molecule has 1 unspecified atom stereocenters. The van der Waals surface area contributed by atoms with E-state index in [1.807, 2.05) is 37.3 Å². The van der Waals surface area contributed by atoms with Gasteiger partial charge in [-0.3, -0.25) is 4.79 Å². The molecule has 0 saturated carbocycles. The van der Waals surface area contributed by atoms with Crippen LogP contribution in [-0.2, 0) is 4.74 Å². The van der Waals surface area contributed by atoms with E-state index in [-0.39, 0.29) is 16.7 Å². The highest BCUT2D eigenvalue weighted by molar-refractivity contribution is 7.99. The van der Waals surface area contributed by atoms with Crippen molar-refractivity contribution in [1.82, 2.24) is 4.98 Å². The van der Waals surface area contributed by atoms with Gasteiger partial charge >= 0.3 is 5.97 Å². The van der Waals surface area contributed by atoms with E-state index in [1.165, 1.54) is 17.3 Å². The van der Waals surface area contributed by atoms with Gasteiger partial charge in [0.1, 0.15) is 16.7 Å². The van der Waals surface area contributed by atoms with Gasteiger partial charge in [-0.15, -0.1) is 11.8 Å². The zero-order valence-corrected chi connectivity index (χ0v) is 13.6. The molecule has 2 aromatic rings. The Kier molecular flexibility index (Phi) is 6.10. The normalized spacial score (nSPS) is 11.9. The molecular weight excluding hydrogens is 322 g/mol. The van der Waals surface area contributed by atoms with E-state index in [2.05, 4.69) is 4.98 Å². The summed E-state index contributed by atoms with van der Waals surface area (Å²) < 4.78 is 5.28. The summed E-state index contributed by atoms with van der Waals surface area (Å²) in [4.78, 5) is 27.5. The van der Waals surface area contributed by atoms with Crippen LogP contribution in [0, 0.1) is 0 Å². The van der Waals surface area contributed by atoms with Crippen LogP contribution >= 0.6 is 23.4 Å². The topological polar surface area (TPSA) is 59.2 Å². The summed E-state index contributed by atoms with van der Waals surface area (Å²) in [5, 5.41) is -0.0262. The number of carbonyl (C=O) groups is 1. The number of benzene rings is 1.